The molecular weight excluding hydrogens is 406 g/mol. The molecule has 2 saturated carbocycles. The quantitative estimate of drug-likeness (QED) is 0.463. The van der Waals surface area contributed by atoms with Crippen LogP contribution >= 0.6 is 0 Å². The maximum absolute atomic E-state index is 11.5. The summed E-state index contributed by atoms with van der Waals surface area (Å²) in [5.74, 6) is 1.12. The lowest BCUT2D eigenvalue weighted by molar-refractivity contribution is -0.142. The fourth-order valence-electron chi connectivity index (χ4n) is 4.22. The summed E-state index contributed by atoms with van der Waals surface area (Å²) < 4.78 is 4.41. The van der Waals surface area contributed by atoms with Gasteiger partial charge in [0, 0.05) is 24.5 Å². The average molecular weight is 440 g/mol. The van der Waals surface area contributed by atoms with E-state index < -0.39 is 12.1 Å². The monoisotopic (exact) mass is 439 g/mol. The van der Waals surface area contributed by atoms with E-state index in [0.29, 0.717) is 24.9 Å². The van der Waals surface area contributed by atoms with Crippen LogP contribution in [0.4, 0.5) is 16.4 Å². The number of carbonyl (C=O) groups is 2. The lowest BCUT2D eigenvalue weighted by atomic mass is 9.86. The molecule has 0 saturated heterocycles. The molecule has 2 fully saturated rings. The molecule has 0 atom stereocenters. The third kappa shape index (κ3) is 8.17. The van der Waals surface area contributed by atoms with Gasteiger partial charge in [0.1, 0.15) is 11.6 Å². The molecule has 2 aromatic rings. The van der Waals surface area contributed by atoms with E-state index in [4.69, 9.17) is 5.73 Å². The molecule has 0 aliphatic heterocycles. The van der Waals surface area contributed by atoms with Crippen LogP contribution in [0, 0.1) is 5.92 Å². The number of ether oxygens (including phenoxy) is 1. The summed E-state index contributed by atoms with van der Waals surface area (Å²) in [6.45, 7) is 0. The Morgan fingerprint density at radius 2 is 1.31 bits per heavy atom. The van der Waals surface area contributed by atoms with Crippen LogP contribution in [0.1, 0.15) is 57.8 Å². The van der Waals surface area contributed by atoms with Crippen molar-refractivity contribution in [2.24, 2.45) is 11.7 Å². The summed E-state index contributed by atoms with van der Waals surface area (Å²) in [7, 11) is 0. The van der Waals surface area contributed by atoms with Crippen molar-refractivity contribution in [3.8, 4) is 0 Å². The molecule has 4 rings (SSSR count). The predicted octanol–water partition coefficient (Wildman–Crippen LogP) is 4.50. The van der Waals surface area contributed by atoms with E-state index in [0.717, 1.165) is 24.5 Å². The second-order valence-electron chi connectivity index (χ2n) is 8.34. The zero-order chi connectivity index (χ0) is 22.6. The summed E-state index contributed by atoms with van der Waals surface area (Å²) in [6.07, 6.45) is 12.3. The van der Waals surface area contributed by atoms with Gasteiger partial charge in [-0.05, 0) is 62.8 Å². The van der Waals surface area contributed by atoms with Crippen molar-refractivity contribution in [1.29, 1.82) is 0 Å². The lowest BCUT2D eigenvalue weighted by Crippen LogP contribution is -2.32. The topological polar surface area (TPSA) is 119 Å². The van der Waals surface area contributed by atoms with Gasteiger partial charge < -0.3 is 21.1 Å². The number of nitrogens with zero attached hydrogens (tertiary/aromatic N) is 2. The summed E-state index contributed by atoms with van der Waals surface area (Å²) in [4.78, 5) is 30.5. The van der Waals surface area contributed by atoms with Gasteiger partial charge in [-0.2, -0.15) is 0 Å². The van der Waals surface area contributed by atoms with Crippen LogP contribution in [0.3, 0.4) is 0 Å². The Morgan fingerprint density at radius 1 is 0.781 bits per heavy atom. The van der Waals surface area contributed by atoms with Crippen LogP contribution in [0.25, 0.3) is 0 Å². The van der Waals surface area contributed by atoms with Crippen LogP contribution in [0.15, 0.2) is 48.8 Å². The van der Waals surface area contributed by atoms with Gasteiger partial charge in [-0.3, -0.25) is 4.79 Å². The fraction of sp³-hybridized carbons (Fsp3) is 0.500. The van der Waals surface area contributed by atoms with E-state index >= 15 is 0 Å². The predicted molar refractivity (Wildman–Crippen MR) is 124 cm³/mol. The standard InChI is InChI=1S/C13H17N3O3.C11H16N2/c14-13(18)19-12(17)9-4-6-10(7-5-9)16-11-3-1-2-8-15-11;1-2-6-10(7-3-1)13-11-8-4-5-9-12-11/h1-3,8-10H,4-7H2,(H2,14,18)(H,15,16);4-5,8-10H,1-3,6-7H2,(H,12,13). The van der Waals surface area contributed by atoms with Crippen molar-refractivity contribution in [2.45, 2.75) is 69.9 Å². The van der Waals surface area contributed by atoms with Gasteiger partial charge in [0.05, 0.1) is 5.92 Å². The van der Waals surface area contributed by atoms with Gasteiger partial charge in [0.2, 0.25) is 0 Å². The minimum absolute atomic E-state index is 0.228. The van der Waals surface area contributed by atoms with Gasteiger partial charge >= 0.3 is 12.1 Å². The molecule has 2 aliphatic carbocycles. The molecule has 2 aliphatic rings. The number of anilines is 2. The number of esters is 1. The first-order valence-corrected chi connectivity index (χ1v) is 11.5. The second kappa shape index (κ2) is 12.6. The van der Waals surface area contributed by atoms with Crippen molar-refractivity contribution in [2.75, 3.05) is 10.6 Å². The molecule has 2 heterocycles. The first-order chi connectivity index (χ1) is 15.6. The number of aromatic nitrogens is 2. The molecule has 8 heteroatoms. The first-order valence-electron chi connectivity index (χ1n) is 11.5. The smallest absolute Gasteiger partial charge is 0.376 e. The first kappa shape index (κ1) is 23.5. The molecule has 0 unspecified atom stereocenters. The molecule has 1 amide bonds. The van der Waals surface area contributed by atoms with Gasteiger partial charge in [-0.25, -0.2) is 14.8 Å². The molecular formula is C24H33N5O3. The third-order valence-electron chi connectivity index (χ3n) is 5.90. The molecule has 8 nitrogen and oxygen atoms in total. The molecule has 172 valence electrons. The third-order valence-corrected chi connectivity index (χ3v) is 5.90. The van der Waals surface area contributed by atoms with Crippen molar-refractivity contribution >= 4 is 23.7 Å². The van der Waals surface area contributed by atoms with Gasteiger partial charge in [0.25, 0.3) is 0 Å². The highest BCUT2D eigenvalue weighted by atomic mass is 16.6. The number of nitrogens with two attached hydrogens (primary N) is 1. The highest BCUT2D eigenvalue weighted by molar-refractivity contribution is 5.85. The number of carbonyl (C=O) groups excluding carboxylic acids is 2. The lowest BCUT2D eigenvalue weighted by Gasteiger charge is -2.27. The molecule has 0 radical (unpaired) electrons. The van der Waals surface area contributed by atoms with Gasteiger partial charge in [-0.1, -0.05) is 31.4 Å². The van der Waals surface area contributed by atoms with Crippen LogP contribution in [-0.4, -0.2) is 34.1 Å². The van der Waals surface area contributed by atoms with E-state index in [1.165, 1.54) is 32.1 Å². The Morgan fingerprint density at radius 3 is 1.78 bits per heavy atom. The van der Waals surface area contributed by atoms with Crippen LogP contribution in [0.2, 0.25) is 0 Å². The number of amides is 1. The molecule has 32 heavy (non-hydrogen) atoms. The largest absolute Gasteiger partial charge is 0.412 e. The second-order valence-corrected chi connectivity index (χ2v) is 8.34. The Bertz CT molecular complexity index is 820. The number of pyridine rings is 2. The molecule has 0 aromatic carbocycles. The minimum atomic E-state index is -1.03. The number of primary amides is 1. The maximum atomic E-state index is 11.5. The Hall–Kier alpha value is -3.16. The summed E-state index contributed by atoms with van der Waals surface area (Å²) >= 11 is 0. The highest BCUT2D eigenvalue weighted by Crippen LogP contribution is 2.27. The number of hydrogen-bond donors (Lipinski definition) is 3. The van der Waals surface area contributed by atoms with Crippen molar-refractivity contribution in [3.05, 3.63) is 48.8 Å². The SMILES string of the molecule is NC(=O)OC(=O)C1CCC(Nc2ccccn2)CC1.c1ccc(NC2CCCCC2)nc1. The fourth-order valence-corrected chi connectivity index (χ4v) is 4.22. The van der Waals surface area contributed by atoms with Crippen molar-refractivity contribution < 1.29 is 14.3 Å². The Kier molecular flexibility index (Phi) is 9.28. The summed E-state index contributed by atoms with van der Waals surface area (Å²) in [5.41, 5.74) is 4.83. The number of nitrogens with one attached hydrogen (secondary N) is 2. The molecule has 4 N–H and O–H groups in total. The van der Waals surface area contributed by atoms with Gasteiger partial charge in [0.15, 0.2) is 0 Å². The Balaban J connectivity index is 0.000000193. The van der Waals surface area contributed by atoms with Crippen LogP contribution in [0.5, 0.6) is 0 Å². The molecule has 0 bridgehead atoms. The van der Waals surface area contributed by atoms with E-state index in [-0.39, 0.29) is 5.92 Å². The number of rotatable bonds is 5. The average Bonchev–Trinajstić information content (AvgIpc) is 2.82. The summed E-state index contributed by atoms with van der Waals surface area (Å²) in [5, 5.41) is 6.80. The number of hydrogen-bond acceptors (Lipinski definition) is 7. The Labute approximate surface area is 189 Å². The van der Waals surface area contributed by atoms with E-state index in [9.17, 15) is 9.59 Å². The molecule has 0 spiro atoms. The van der Waals surface area contributed by atoms with Crippen LogP contribution < -0.4 is 16.4 Å². The van der Waals surface area contributed by atoms with Crippen molar-refractivity contribution in [1.82, 2.24) is 9.97 Å². The minimum Gasteiger partial charge on any atom is -0.376 e. The zero-order valence-corrected chi connectivity index (χ0v) is 18.4. The van der Waals surface area contributed by atoms with E-state index in [2.05, 4.69) is 25.3 Å². The van der Waals surface area contributed by atoms with Crippen molar-refractivity contribution in [3.63, 3.8) is 0 Å². The highest BCUT2D eigenvalue weighted by Gasteiger charge is 2.28. The maximum Gasteiger partial charge on any atom is 0.412 e. The molecule has 2 aromatic heterocycles. The van der Waals surface area contributed by atoms with E-state index in [1.54, 1.807) is 6.20 Å². The normalized spacial score (nSPS) is 20.9. The van der Waals surface area contributed by atoms with Gasteiger partial charge in [-0.15, -0.1) is 0 Å². The van der Waals surface area contributed by atoms with Crippen LogP contribution in [-0.2, 0) is 9.53 Å². The van der Waals surface area contributed by atoms with E-state index in [1.807, 2.05) is 42.6 Å². The zero-order valence-electron chi connectivity index (χ0n) is 18.4. The summed E-state index contributed by atoms with van der Waals surface area (Å²) in [6, 6.07) is 12.7.